The molecule has 0 spiro atoms. The molecule has 1 atom stereocenters. The summed E-state index contributed by atoms with van der Waals surface area (Å²) >= 11 is 0. The van der Waals surface area contributed by atoms with Gasteiger partial charge in [-0.25, -0.2) is 0 Å². The molecule has 118 valence electrons. The van der Waals surface area contributed by atoms with Crippen molar-refractivity contribution in [2.45, 2.75) is 45.4 Å². The summed E-state index contributed by atoms with van der Waals surface area (Å²) in [6, 6.07) is 5.53. The maximum Gasteiger partial charge on any atom is 0.317 e. The van der Waals surface area contributed by atoms with Crippen LogP contribution < -0.4 is 4.74 Å². The number of esters is 1. The smallest absolute Gasteiger partial charge is 0.317 e. The zero-order chi connectivity index (χ0) is 16.3. The lowest BCUT2D eigenvalue weighted by Crippen LogP contribution is -2.35. The molecule has 1 N–H and O–H groups in total. The van der Waals surface area contributed by atoms with Gasteiger partial charge in [0.05, 0.1) is 5.41 Å². The van der Waals surface area contributed by atoms with Crippen molar-refractivity contribution in [1.29, 1.82) is 0 Å². The molecular formula is C15H22O5S. The average molecular weight is 314 g/mol. The number of carbonyl (C=O) groups is 1. The van der Waals surface area contributed by atoms with Gasteiger partial charge >= 0.3 is 5.97 Å². The van der Waals surface area contributed by atoms with Gasteiger partial charge in [-0.05, 0) is 38.3 Å². The van der Waals surface area contributed by atoms with Gasteiger partial charge in [-0.2, -0.15) is 8.42 Å². The molecule has 0 saturated carbocycles. The highest BCUT2D eigenvalue weighted by atomic mass is 32.2. The van der Waals surface area contributed by atoms with E-state index in [0.29, 0.717) is 0 Å². The van der Waals surface area contributed by atoms with Gasteiger partial charge < -0.3 is 4.74 Å². The topological polar surface area (TPSA) is 80.7 Å². The number of carbonyl (C=O) groups excluding carboxylic acids is 1. The van der Waals surface area contributed by atoms with E-state index in [9.17, 15) is 13.2 Å². The van der Waals surface area contributed by atoms with Gasteiger partial charge in [-0.1, -0.05) is 32.4 Å². The van der Waals surface area contributed by atoms with Crippen LogP contribution in [-0.4, -0.2) is 18.9 Å². The van der Waals surface area contributed by atoms with Crippen LogP contribution >= 0.6 is 0 Å². The molecule has 0 fully saturated rings. The van der Waals surface area contributed by atoms with Crippen LogP contribution in [0.5, 0.6) is 5.75 Å². The van der Waals surface area contributed by atoms with Crippen LogP contribution in [0.15, 0.2) is 29.2 Å². The fourth-order valence-corrected chi connectivity index (χ4v) is 2.59. The molecule has 1 aromatic carbocycles. The zero-order valence-electron chi connectivity index (χ0n) is 12.8. The Balaban J connectivity index is 3.05. The Labute approximate surface area is 126 Å². The molecule has 1 aromatic rings. The number of hydrogen-bond acceptors (Lipinski definition) is 4. The third kappa shape index (κ3) is 4.28. The number of rotatable bonds is 6. The zero-order valence-corrected chi connectivity index (χ0v) is 13.6. The van der Waals surface area contributed by atoms with E-state index in [1.807, 2.05) is 13.8 Å². The highest BCUT2D eigenvalue weighted by Crippen LogP contribution is 2.33. The van der Waals surface area contributed by atoms with Gasteiger partial charge in [0.2, 0.25) is 0 Å². The van der Waals surface area contributed by atoms with Crippen LogP contribution in [0.4, 0.5) is 0 Å². The third-order valence-electron chi connectivity index (χ3n) is 3.81. The third-order valence-corrected chi connectivity index (χ3v) is 4.70. The lowest BCUT2D eigenvalue weighted by atomic mass is 9.78. The average Bonchev–Trinajstić information content (AvgIpc) is 2.38. The van der Waals surface area contributed by atoms with Crippen LogP contribution in [0.1, 0.15) is 40.5 Å². The van der Waals surface area contributed by atoms with Gasteiger partial charge in [0.1, 0.15) is 4.90 Å². The van der Waals surface area contributed by atoms with Crippen molar-refractivity contribution >= 4 is 16.1 Å². The van der Waals surface area contributed by atoms with E-state index in [0.717, 1.165) is 12.8 Å². The van der Waals surface area contributed by atoms with Gasteiger partial charge in [0.25, 0.3) is 10.1 Å². The van der Waals surface area contributed by atoms with E-state index in [2.05, 4.69) is 0 Å². The Hall–Kier alpha value is -1.40. The van der Waals surface area contributed by atoms with E-state index in [1.165, 1.54) is 18.2 Å². The summed E-state index contributed by atoms with van der Waals surface area (Å²) in [5, 5.41) is 0. The van der Waals surface area contributed by atoms with Gasteiger partial charge in [-0.3, -0.25) is 9.35 Å². The first-order valence-corrected chi connectivity index (χ1v) is 8.33. The van der Waals surface area contributed by atoms with Gasteiger partial charge in [0, 0.05) is 0 Å². The van der Waals surface area contributed by atoms with Crippen molar-refractivity contribution in [3.8, 4) is 5.75 Å². The second-order valence-corrected chi connectivity index (χ2v) is 7.11. The minimum Gasteiger partial charge on any atom is -0.425 e. The Morgan fingerprint density at radius 2 is 1.90 bits per heavy atom. The first kappa shape index (κ1) is 17.7. The van der Waals surface area contributed by atoms with Crippen molar-refractivity contribution in [1.82, 2.24) is 0 Å². The molecule has 0 radical (unpaired) electrons. The summed E-state index contributed by atoms with van der Waals surface area (Å²) in [4.78, 5) is 11.9. The SMILES string of the molecule is CCCC(C)C(C)(C)C(=O)Oc1ccccc1S(=O)(=O)O. The molecule has 21 heavy (non-hydrogen) atoms. The number of para-hydroxylation sites is 1. The fraction of sp³-hybridized carbons (Fsp3) is 0.533. The summed E-state index contributed by atoms with van der Waals surface area (Å²) in [6.45, 7) is 7.53. The second-order valence-electron chi connectivity index (χ2n) is 5.72. The maximum atomic E-state index is 12.3. The van der Waals surface area contributed by atoms with E-state index in [1.54, 1.807) is 19.9 Å². The van der Waals surface area contributed by atoms with Crippen molar-refractivity contribution in [2.24, 2.45) is 11.3 Å². The minimum atomic E-state index is -4.43. The molecule has 1 unspecified atom stereocenters. The van der Waals surface area contributed by atoms with Crippen molar-refractivity contribution in [3.05, 3.63) is 24.3 Å². The number of benzene rings is 1. The first-order chi connectivity index (χ1) is 9.60. The Morgan fingerprint density at radius 3 is 2.43 bits per heavy atom. The summed E-state index contributed by atoms with van der Waals surface area (Å²) in [5.41, 5.74) is -0.748. The molecule has 1 rings (SSSR count). The molecule has 0 aromatic heterocycles. The fourth-order valence-electron chi connectivity index (χ4n) is 1.97. The normalized spacial score (nSPS) is 13.8. The molecule has 6 heteroatoms. The maximum absolute atomic E-state index is 12.3. The summed E-state index contributed by atoms with van der Waals surface area (Å²) in [5.74, 6) is -0.575. The van der Waals surface area contributed by atoms with E-state index in [-0.39, 0.29) is 11.7 Å². The predicted molar refractivity (Wildman–Crippen MR) is 79.7 cm³/mol. The van der Waals surface area contributed by atoms with Crippen molar-refractivity contribution < 1.29 is 22.5 Å². The molecular weight excluding hydrogens is 292 g/mol. The summed E-state index contributed by atoms with van der Waals surface area (Å²) in [6.07, 6.45) is 1.81. The van der Waals surface area contributed by atoms with Gasteiger partial charge in [0.15, 0.2) is 5.75 Å². The summed E-state index contributed by atoms with van der Waals surface area (Å²) < 4.78 is 37.0. The van der Waals surface area contributed by atoms with Crippen LogP contribution in [0.3, 0.4) is 0 Å². The highest BCUT2D eigenvalue weighted by molar-refractivity contribution is 7.86. The minimum absolute atomic E-state index is 0.0906. The van der Waals surface area contributed by atoms with Gasteiger partial charge in [-0.15, -0.1) is 0 Å². The molecule has 0 saturated heterocycles. The van der Waals surface area contributed by atoms with Crippen molar-refractivity contribution in [2.75, 3.05) is 0 Å². The van der Waals surface area contributed by atoms with Crippen LogP contribution in [0.25, 0.3) is 0 Å². The van der Waals surface area contributed by atoms with E-state index in [4.69, 9.17) is 9.29 Å². The molecule has 0 aliphatic carbocycles. The standard InChI is InChI=1S/C15H22O5S/c1-5-8-11(2)15(3,4)14(16)20-12-9-6-7-10-13(12)21(17,18)19/h6-7,9-11H,5,8H2,1-4H3,(H,17,18,19). The number of hydrogen-bond donors (Lipinski definition) is 1. The number of ether oxygens (including phenoxy) is 1. The van der Waals surface area contributed by atoms with E-state index < -0.39 is 26.4 Å². The monoisotopic (exact) mass is 314 g/mol. The van der Waals surface area contributed by atoms with E-state index >= 15 is 0 Å². The lowest BCUT2D eigenvalue weighted by molar-refractivity contribution is -0.147. The Bertz CT molecular complexity index is 604. The van der Waals surface area contributed by atoms with Crippen LogP contribution in [-0.2, 0) is 14.9 Å². The Kier molecular flexibility index (Phi) is 5.53. The highest BCUT2D eigenvalue weighted by Gasteiger charge is 2.36. The largest absolute Gasteiger partial charge is 0.425 e. The molecule has 5 nitrogen and oxygen atoms in total. The molecule has 0 aliphatic rings. The molecule has 0 aliphatic heterocycles. The molecule has 0 amide bonds. The van der Waals surface area contributed by atoms with Crippen LogP contribution in [0, 0.1) is 11.3 Å². The predicted octanol–water partition coefficient (Wildman–Crippen LogP) is 3.30. The summed E-state index contributed by atoms with van der Waals surface area (Å²) in [7, 11) is -4.43. The lowest BCUT2D eigenvalue weighted by Gasteiger charge is -2.29. The quantitative estimate of drug-likeness (QED) is 0.495. The second kappa shape index (κ2) is 6.58. The molecule has 0 bridgehead atoms. The Morgan fingerprint density at radius 1 is 1.33 bits per heavy atom. The van der Waals surface area contributed by atoms with Crippen LogP contribution in [0.2, 0.25) is 0 Å². The van der Waals surface area contributed by atoms with Crippen molar-refractivity contribution in [3.63, 3.8) is 0 Å². The first-order valence-electron chi connectivity index (χ1n) is 6.89. The molecule has 0 heterocycles.